The van der Waals surface area contributed by atoms with Crippen molar-refractivity contribution in [2.24, 2.45) is 0 Å². The van der Waals surface area contributed by atoms with Crippen molar-refractivity contribution in [2.45, 2.75) is 57.8 Å². The number of unbranched alkanes of at least 4 members (excludes halogenated alkanes) is 1. The van der Waals surface area contributed by atoms with Crippen LogP contribution < -0.4 is 10.6 Å². The van der Waals surface area contributed by atoms with E-state index in [9.17, 15) is 23.9 Å². The van der Waals surface area contributed by atoms with Gasteiger partial charge in [0.1, 0.15) is 18.0 Å². The number of fused-ring (bicyclic) bond motifs is 1. The van der Waals surface area contributed by atoms with Crippen LogP contribution in [-0.4, -0.2) is 81.3 Å². The van der Waals surface area contributed by atoms with Crippen LogP contribution in [0.1, 0.15) is 42.0 Å². The van der Waals surface area contributed by atoms with Crippen LogP contribution in [-0.2, 0) is 33.9 Å². The molecule has 2 saturated heterocycles. The summed E-state index contributed by atoms with van der Waals surface area (Å²) in [6.07, 6.45) is 2.26. The first-order chi connectivity index (χ1) is 22.3. The number of piperazine rings is 1. The number of anilines is 1. The standard InChI is InChI=1S/C35H41FN6O4/c1-3-5-17-40-23-33(44)41-31(18-25-11-15-30(16-12-25)38-24-43)34(45)39(21-28-13-14-29(36)19-27(28)4-2)22-32(41)42(40)35(46)37-20-26-9-7-6-8-10-26/h4,6-16,19,24,31-32,35,37,46H,2-3,5,17-18,20-23H2,1H3,(H,38,43)/t31-,32-,35?/m0/s1. The molecule has 0 saturated carbocycles. The average Bonchev–Trinajstić information content (AvgIpc) is 3.06. The number of amides is 3. The van der Waals surface area contributed by atoms with E-state index in [1.54, 1.807) is 39.1 Å². The predicted molar refractivity (Wildman–Crippen MR) is 174 cm³/mol. The topological polar surface area (TPSA) is 108 Å². The Morgan fingerprint density at radius 3 is 2.52 bits per heavy atom. The number of hydrazine groups is 1. The van der Waals surface area contributed by atoms with Gasteiger partial charge in [0.15, 0.2) is 6.35 Å². The minimum Gasteiger partial charge on any atom is -0.364 e. The summed E-state index contributed by atoms with van der Waals surface area (Å²) in [5.41, 5.74) is 3.71. The third-order valence-corrected chi connectivity index (χ3v) is 8.52. The summed E-state index contributed by atoms with van der Waals surface area (Å²) in [7, 11) is 0. The maximum absolute atomic E-state index is 14.3. The molecule has 2 aliphatic heterocycles. The molecule has 1 unspecified atom stereocenters. The van der Waals surface area contributed by atoms with Crippen LogP contribution in [0.5, 0.6) is 0 Å². The van der Waals surface area contributed by atoms with Gasteiger partial charge in [-0.25, -0.2) is 9.40 Å². The highest BCUT2D eigenvalue weighted by Gasteiger charge is 2.51. The smallest absolute Gasteiger partial charge is 0.246 e. The number of hydrogen-bond donors (Lipinski definition) is 3. The Hall–Kier alpha value is -4.42. The molecule has 0 spiro atoms. The van der Waals surface area contributed by atoms with Gasteiger partial charge in [-0.3, -0.25) is 19.7 Å². The lowest BCUT2D eigenvalue weighted by Crippen LogP contribution is -2.77. The molecule has 10 nitrogen and oxygen atoms in total. The number of halogens is 1. The molecule has 3 aromatic carbocycles. The second-order valence-corrected chi connectivity index (χ2v) is 11.6. The summed E-state index contributed by atoms with van der Waals surface area (Å²) in [6.45, 7) is 7.17. The fourth-order valence-corrected chi connectivity index (χ4v) is 6.18. The van der Waals surface area contributed by atoms with Crippen LogP contribution in [0, 0.1) is 5.82 Å². The number of aliphatic hydroxyl groups is 1. The lowest BCUT2D eigenvalue weighted by molar-refractivity contribution is -0.248. The number of hydrogen-bond acceptors (Lipinski definition) is 7. The molecule has 3 atom stereocenters. The van der Waals surface area contributed by atoms with Crippen molar-refractivity contribution >= 4 is 30.0 Å². The SMILES string of the molecule is C=Cc1cc(F)ccc1CN1C[C@H]2N(C(=O)CN(CCCC)N2C(O)NCc2ccccc2)[C@@H](Cc2ccc(NC=O)cc2)C1=O. The zero-order valence-corrected chi connectivity index (χ0v) is 26.0. The molecule has 0 radical (unpaired) electrons. The minimum atomic E-state index is -1.16. The molecule has 5 rings (SSSR count). The van der Waals surface area contributed by atoms with Gasteiger partial charge >= 0.3 is 0 Å². The zero-order valence-electron chi connectivity index (χ0n) is 26.0. The van der Waals surface area contributed by atoms with Gasteiger partial charge in [-0.15, -0.1) is 0 Å². The van der Waals surface area contributed by atoms with Gasteiger partial charge in [-0.2, -0.15) is 5.01 Å². The van der Waals surface area contributed by atoms with Crippen LogP contribution >= 0.6 is 0 Å². The molecular weight excluding hydrogens is 587 g/mol. The molecule has 0 aliphatic carbocycles. The second-order valence-electron chi connectivity index (χ2n) is 11.6. The molecule has 2 heterocycles. The highest BCUT2D eigenvalue weighted by molar-refractivity contribution is 5.90. The maximum Gasteiger partial charge on any atom is 0.246 e. The maximum atomic E-state index is 14.3. The lowest BCUT2D eigenvalue weighted by atomic mass is 9.97. The van der Waals surface area contributed by atoms with Gasteiger partial charge in [0.05, 0.1) is 13.1 Å². The zero-order chi connectivity index (χ0) is 32.6. The molecule has 3 aromatic rings. The molecule has 46 heavy (non-hydrogen) atoms. The van der Waals surface area contributed by atoms with Crippen LogP contribution in [0.2, 0.25) is 0 Å². The summed E-state index contributed by atoms with van der Waals surface area (Å²) in [6, 6.07) is 20.4. The molecule has 3 N–H and O–H groups in total. The van der Waals surface area contributed by atoms with Crippen molar-refractivity contribution < 1.29 is 23.9 Å². The summed E-state index contributed by atoms with van der Waals surface area (Å²) in [4.78, 5) is 42.4. The Bertz CT molecular complexity index is 1520. The van der Waals surface area contributed by atoms with Gasteiger partial charge in [0.2, 0.25) is 18.2 Å². The Morgan fingerprint density at radius 2 is 1.83 bits per heavy atom. The van der Waals surface area contributed by atoms with Crippen LogP contribution in [0.25, 0.3) is 6.08 Å². The Morgan fingerprint density at radius 1 is 1.07 bits per heavy atom. The second kappa shape index (κ2) is 15.2. The summed E-state index contributed by atoms with van der Waals surface area (Å²) < 4.78 is 14.1. The van der Waals surface area contributed by atoms with E-state index >= 15 is 0 Å². The first-order valence-corrected chi connectivity index (χ1v) is 15.6. The molecule has 0 bridgehead atoms. The number of nitrogens with one attached hydrogen (secondary N) is 2. The number of rotatable bonds is 14. The number of carbonyl (C=O) groups is 3. The molecule has 11 heteroatoms. The number of aliphatic hydroxyl groups excluding tert-OH is 1. The number of carbonyl (C=O) groups excluding carboxylic acids is 3. The number of benzene rings is 3. The fourth-order valence-electron chi connectivity index (χ4n) is 6.18. The fraction of sp³-hybridized carbons (Fsp3) is 0.343. The first-order valence-electron chi connectivity index (χ1n) is 15.6. The summed E-state index contributed by atoms with van der Waals surface area (Å²) in [5.74, 6) is -0.838. The molecule has 2 fully saturated rings. The largest absolute Gasteiger partial charge is 0.364 e. The Kier molecular flexibility index (Phi) is 10.9. The van der Waals surface area contributed by atoms with E-state index in [0.29, 0.717) is 30.8 Å². The molecule has 0 aromatic heterocycles. The van der Waals surface area contributed by atoms with Gasteiger partial charge in [-0.1, -0.05) is 74.5 Å². The van der Waals surface area contributed by atoms with E-state index in [1.807, 2.05) is 47.5 Å². The van der Waals surface area contributed by atoms with Crippen LogP contribution in [0.4, 0.5) is 10.1 Å². The van der Waals surface area contributed by atoms with Crippen LogP contribution in [0.15, 0.2) is 79.4 Å². The van der Waals surface area contributed by atoms with Gasteiger partial charge < -0.3 is 20.2 Å². The molecule has 242 valence electrons. The average molecular weight is 629 g/mol. The van der Waals surface area contributed by atoms with Crippen molar-refractivity contribution in [3.05, 3.63) is 107 Å². The van der Waals surface area contributed by atoms with Crippen molar-refractivity contribution in [1.82, 2.24) is 25.1 Å². The Balaban J connectivity index is 1.51. The molecule has 2 aliphatic rings. The predicted octanol–water partition coefficient (Wildman–Crippen LogP) is 3.54. The normalized spacial score (nSPS) is 19.5. The minimum absolute atomic E-state index is 0.0190. The van der Waals surface area contributed by atoms with Crippen molar-refractivity contribution in [2.75, 3.05) is 25.0 Å². The lowest BCUT2D eigenvalue weighted by Gasteiger charge is -2.56. The summed E-state index contributed by atoms with van der Waals surface area (Å²) in [5, 5.41) is 21.2. The van der Waals surface area contributed by atoms with Gasteiger partial charge in [0, 0.05) is 31.7 Å². The van der Waals surface area contributed by atoms with E-state index in [0.717, 1.165) is 29.5 Å². The van der Waals surface area contributed by atoms with E-state index in [4.69, 9.17) is 0 Å². The highest BCUT2D eigenvalue weighted by Crippen LogP contribution is 2.31. The van der Waals surface area contributed by atoms with Crippen molar-refractivity contribution in [3.63, 3.8) is 0 Å². The van der Waals surface area contributed by atoms with E-state index in [2.05, 4.69) is 24.1 Å². The van der Waals surface area contributed by atoms with Crippen LogP contribution in [0.3, 0.4) is 0 Å². The third-order valence-electron chi connectivity index (χ3n) is 8.52. The molecule has 3 amide bonds. The van der Waals surface area contributed by atoms with Crippen molar-refractivity contribution in [1.29, 1.82) is 0 Å². The van der Waals surface area contributed by atoms with Gasteiger partial charge in [0.25, 0.3) is 0 Å². The van der Waals surface area contributed by atoms with Crippen molar-refractivity contribution in [3.8, 4) is 0 Å². The van der Waals surface area contributed by atoms with E-state index in [-0.39, 0.29) is 37.9 Å². The van der Waals surface area contributed by atoms with E-state index in [1.165, 1.54) is 12.1 Å². The highest BCUT2D eigenvalue weighted by atomic mass is 19.1. The monoisotopic (exact) mass is 628 g/mol. The Labute approximate surface area is 269 Å². The first kappa shape index (κ1) is 33.0. The third kappa shape index (κ3) is 7.51. The van der Waals surface area contributed by atoms with Gasteiger partial charge in [-0.05, 0) is 52.9 Å². The van der Waals surface area contributed by atoms with E-state index < -0.39 is 24.4 Å². The summed E-state index contributed by atoms with van der Waals surface area (Å²) >= 11 is 0. The molecular formula is C35H41FN6O4. The quantitative estimate of drug-likeness (QED) is 0.185. The number of nitrogens with zero attached hydrogens (tertiary/aromatic N) is 4.